The van der Waals surface area contributed by atoms with Crippen LogP contribution in [0.3, 0.4) is 0 Å². The summed E-state index contributed by atoms with van der Waals surface area (Å²) >= 11 is 0. The second kappa shape index (κ2) is 10.5. The Morgan fingerprint density at radius 3 is 2.42 bits per heavy atom. The predicted molar refractivity (Wildman–Crippen MR) is 86.7 cm³/mol. The second-order valence-electron chi connectivity index (χ2n) is 5.15. The van der Waals surface area contributed by atoms with E-state index >= 15 is 0 Å². The molecule has 114 valence electrons. The number of halogens is 2. The van der Waals surface area contributed by atoms with E-state index in [4.69, 9.17) is 0 Å². The van der Waals surface area contributed by atoms with Crippen LogP contribution in [0.25, 0.3) is 0 Å². The lowest BCUT2D eigenvalue weighted by atomic mass is 10.2. The van der Waals surface area contributed by atoms with Crippen molar-refractivity contribution in [2.75, 3.05) is 27.2 Å². The van der Waals surface area contributed by atoms with Crippen LogP contribution in [0.5, 0.6) is 0 Å². The molecule has 0 radical (unpaired) electrons. The zero-order valence-corrected chi connectivity index (χ0v) is 14.3. The molecule has 1 aromatic heterocycles. The van der Waals surface area contributed by atoms with Crippen molar-refractivity contribution >= 4 is 24.8 Å². The highest BCUT2D eigenvalue weighted by Crippen LogP contribution is 2.09. The highest BCUT2D eigenvalue weighted by molar-refractivity contribution is 5.85. The van der Waals surface area contributed by atoms with Gasteiger partial charge in [0.1, 0.15) is 0 Å². The third kappa shape index (κ3) is 7.78. The summed E-state index contributed by atoms with van der Waals surface area (Å²) in [5.74, 6) is 0. The standard InChI is InChI=1S/C13H26N4.2ClH/c1-11(2)17-10-13(12(3)15-17)9-14-7-6-8-16(4)5;;/h10-11,14H,6-9H2,1-5H3;2*1H. The Morgan fingerprint density at radius 1 is 1.32 bits per heavy atom. The molecule has 0 bridgehead atoms. The Bertz CT molecular complexity index is 337. The normalized spacial score (nSPS) is 10.5. The molecule has 0 fully saturated rings. The van der Waals surface area contributed by atoms with Crippen LogP contribution >= 0.6 is 24.8 Å². The molecule has 0 aliphatic carbocycles. The molecule has 19 heavy (non-hydrogen) atoms. The van der Waals surface area contributed by atoms with Gasteiger partial charge in [-0.25, -0.2) is 0 Å². The Labute approximate surface area is 129 Å². The van der Waals surface area contributed by atoms with E-state index in [1.807, 2.05) is 4.68 Å². The van der Waals surface area contributed by atoms with Gasteiger partial charge >= 0.3 is 0 Å². The summed E-state index contributed by atoms with van der Waals surface area (Å²) in [6.45, 7) is 9.50. The molecule has 0 amide bonds. The Morgan fingerprint density at radius 2 is 1.95 bits per heavy atom. The van der Waals surface area contributed by atoms with Gasteiger partial charge in [0.25, 0.3) is 0 Å². The molecule has 0 aromatic carbocycles. The van der Waals surface area contributed by atoms with Crippen molar-refractivity contribution in [3.63, 3.8) is 0 Å². The first kappa shape index (κ1) is 21.0. The van der Waals surface area contributed by atoms with Crippen LogP contribution in [0, 0.1) is 6.92 Å². The van der Waals surface area contributed by atoms with Crippen molar-refractivity contribution in [1.29, 1.82) is 0 Å². The highest BCUT2D eigenvalue weighted by atomic mass is 35.5. The fourth-order valence-corrected chi connectivity index (χ4v) is 1.70. The van der Waals surface area contributed by atoms with Crippen LogP contribution in [0.4, 0.5) is 0 Å². The van der Waals surface area contributed by atoms with Gasteiger partial charge in [-0.15, -0.1) is 24.8 Å². The molecule has 1 rings (SSSR count). The maximum atomic E-state index is 4.51. The average Bonchev–Trinajstić information content (AvgIpc) is 2.59. The van der Waals surface area contributed by atoms with Gasteiger partial charge in [-0.3, -0.25) is 4.68 Å². The molecule has 0 saturated heterocycles. The van der Waals surface area contributed by atoms with Crippen molar-refractivity contribution in [3.05, 3.63) is 17.5 Å². The van der Waals surface area contributed by atoms with Gasteiger partial charge in [0, 0.05) is 24.3 Å². The molecule has 1 N–H and O–H groups in total. The summed E-state index contributed by atoms with van der Waals surface area (Å²) in [6, 6.07) is 0.441. The molecular weight excluding hydrogens is 283 g/mol. The first-order valence-electron chi connectivity index (χ1n) is 6.40. The topological polar surface area (TPSA) is 33.1 Å². The molecule has 0 unspecified atom stereocenters. The van der Waals surface area contributed by atoms with Crippen molar-refractivity contribution < 1.29 is 0 Å². The predicted octanol–water partition coefficient (Wildman–Crippen LogP) is 2.66. The minimum Gasteiger partial charge on any atom is -0.312 e. The third-order valence-electron chi connectivity index (χ3n) is 2.82. The molecule has 0 atom stereocenters. The number of nitrogens with one attached hydrogen (secondary N) is 1. The highest BCUT2D eigenvalue weighted by Gasteiger charge is 2.06. The fourth-order valence-electron chi connectivity index (χ4n) is 1.70. The molecular formula is C13H28Cl2N4. The summed E-state index contributed by atoms with van der Waals surface area (Å²) in [7, 11) is 4.22. The first-order valence-corrected chi connectivity index (χ1v) is 6.40. The van der Waals surface area contributed by atoms with Crippen LogP contribution < -0.4 is 5.32 Å². The lowest BCUT2D eigenvalue weighted by Gasteiger charge is -2.09. The van der Waals surface area contributed by atoms with E-state index in [1.54, 1.807) is 0 Å². The number of hydrogen-bond donors (Lipinski definition) is 1. The lowest BCUT2D eigenvalue weighted by molar-refractivity contribution is 0.394. The minimum atomic E-state index is 0. The van der Waals surface area contributed by atoms with Crippen molar-refractivity contribution in [1.82, 2.24) is 20.0 Å². The lowest BCUT2D eigenvalue weighted by Crippen LogP contribution is -2.21. The van der Waals surface area contributed by atoms with E-state index in [2.05, 4.69) is 56.4 Å². The Balaban J connectivity index is 0. The molecule has 0 aliphatic rings. The van der Waals surface area contributed by atoms with Crippen LogP contribution in [-0.4, -0.2) is 41.9 Å². The van der Waals surface area contributed by atoms with E-state index in [-0.39, 0.29) is 24.8 Å². The van der Waals surface area contributed by atoms with E-state index in [0.717, 1.165) is 25.3 Å². The zero-order chi connectivity index (χ0) is 12.8. The van der Waals surface area contributed by atoms with Crippen molar-refractivity contribution in [2.45, 2.75) is 39.8 Å². The van der Waals surface area contributed by atoms with Gasteiger partial charge in [-0.2, -0.15) is 5.10 Å². The second-order valence-corrected chi connectivity index (χ2v) is 5.15. The molecule has 1 aromatic rings. The van der Waals surface area contributed by atoms with Crippen LogP contribution in [0.15, 0.2) is 6.20 Å². The van der Waals surface area contributed by atoms with Crippen LogP contribution in [0.1, 0.15) is 37.6 Å². The maximum Gasteiger partial charge on any atom is 0.0638 e. The van der Waals surface area contributed by atoms with Gasteiger partial charge in [-0.1, -0.05) is 0 Å². The number of aromatic nitrogens is 2. The van der Waals surface area contributed by atoms with E-state index in [9.17, 15) is 0 Å². The average molecular weight is 311 g/mol. The zero-order valence-electron chi connectivity index (χ0n) is 12.6. The van der Waals surface area contributed by atoms with Gasteiger partial charge in [0.2, 0.25) is 0 Å². The Hall–Kier alpha value is -0.290. The summed E-state index contributed by atoms with van der Waals surface area (Å²) in [6.07, 6.45) is 3.34. The minimum absolute atomic E-state index is 0. The smallest absolute Gasteiger partial charge is 0.0638 e. The SMILES string of the molecule is Cc1nn(C(C)C)cc1CNCCCN(C)C.Cl.Cl. The molecule has 1 heterocycles. The van der Waals surface area contributed by atoms with Crippen LogP contribution in [-0.2, 0) is 6.54 Å². The summed E-state index contributed by atoms with van der Waals surface area (Å²) in [4.78, 5) is 2.21. The van der Waals surface area contributed by atoms with Crippen molar-refractivity contribution in [3.8, 4) is 0 Å². The van der Waals surface area contributed by atoms with Gasteiger partial charge < -0.3 is 10.2 Å². The molecule has 0 spiro atoms. The number of nitrogens with zero attached hydrogens (tertiary/aromatic N) is 3. The molecule has 6 heteroatoms. The van der Waals surface area contributed by atoms with E-state index in [0.29, 0.717) is 6.04 Å². The summed E-state index contributed by atoms with van der Waals surface area (Å²) in [5.41, 5.74) is 2.45. The molecule has 4 nitrogen and oxygen atoms in total. The Kier molecular flexibility index (Phi) is 11.6. The van der Waals surface area contributed by atoms with E-state index < -0.39 is 0 Å². The van der Waals surface area contributed by atoms with Crippen LogP contribution in [0.2, 0.25) is 0 Å². The fraction of sp³-hybridized carbons (Fsp3) is 0.769. The first-order chi connectivity index (χ1) is 8.00. The van der Waals surface area contributed by atoms with Gasteiger partial charge in [-0.05, 0) is 54.4 Å². The monoisotopic (exact) mass is 310 g/mol. The number of aryl methyl sites for hydroxylation is 1. The van der Waals surface area contributed by atoms with Crippen molar-refractivity contribution in [2.24, 2.45) is 0 Å². The number of rotatable bonds is 7. The quantitative estimate of drug-likeness (QED) is 0.786. The number of hydrogen-bond acceptors (Lipinski definition) is 3. The largest absolute Gasteiger partial charge is 0.312 e. The maximum absolute atomic E-state index is 4.51. The molecule has 0 saturated carbocycles. The molecule has 0 aliphatic heterocycles. The summed E-state index contributed by atoms with van der Waals surface area (Å²) in [5, 5.41) is 7.98. The third-order valence-corrected chi connectivity index (χ3v) is 2.82. The summed E-state index contributed by atoms with van der Waals surface area (Å²) < 4.78 is 2.03. The van der Waals surface area contributed by atoms with E-state index in [1.165, 1.54) is 12.0 Å². The van der Waals surface area contributed by atoms with Gasteiger partial charge in [0.05, 0.1) is 5.69 Å². The van der Waals surface area contributed by atoms with Gasteiger partial charge in [0.15, 0.2) is 0 Å².